The molecule has 1 saturated heterocycles. The average molecular weight is 317 g/mol. The van der Waals surface area contributed by atoms with E-state index in [9.17, 15) is 14.4 Å². The second kappa shape index (κ2) is 5.68. The van der Waals surface area contributed by atoms with Crippen molar-refractivity contribution >= 4 is 17.8 Å². The van der Waals surface area contributed by atoms with Crippen LogP contribution in [0.2, 0.25) is 0 Å². The quantitative estimate of drug-likeness (QED) is 0.827. The second-order valence-corrected chi connectivity index (χ2v) is 7.06. The lowest BCUT2D eigenvalue weighted by molar-refractivity contribution is -0.131. The van der Waals surface area contributed by atoms with Crippen LogP contribution in [0.1, 0.15) is 45.2 Å². The van der Waals surface area contributed by atoms with Gasteiger partial charge in [0.2, 0.25) is 5.91 Å². The Morgan fingerprint density at radius 2 is 1.78 bits per heavy atom. The van der Waals surface area contributed by atoms with Crippen molar-refractivity contribution in [3.63, 3.8) is 0 Å². The van der Waals surface area contributed by atoms with Gasteiger partial charge in [-0.1, -0.05) is 45.0 Å². The Balaban J connectivity index is 2.26. The molecule has 3 N–H and O–H groups in total. The number of urea groups is 1. The van der Waals surface area contributed by atoms with Gasteiger partial charge in [-0.15, -0.1) is 0 Å². The van der Waals surface area contributed by atoms with Crippen LogP contribution in [-0.2, 0) is 20.5 Å². The molecule has 6 nitrogen and oxygen atoms in total. The highest BCUT2D eigenvalue weighted by molar-refractivity contribution is 6.07. The molecule has 23 heavy (non-hydrogen) atoms. The molecule has 124 valence electrons. The van der Waals surface area contributed by atoms with Crippen LogP contribution in [0.4, 0.5) is 4.79 Å². The Bertz CT molecular complexity index is 646. The van der Waals surface area contributed by atoms with Crippen LogP contribution in [0.25, 0.3) is 0 Å². The summed E-state index contributed by atoms with van der Waals surface area (Å²) in [5.41, 5.74) is 5.84. The van der Waals surface area contributed by atoms with E-state index in [4.69, 9.17) is 5.73 Å². The Morgan fingerprint density at radius 3 is 2.26 bits per heavy atom. The van der Waals surface area contributed by atoms with Crippen LogP contribution >= 0.6 is 0 Å². The van der Waals surface area contributed by atoms with Crippen LogP contribution in [0, 0.1) is 0 Å². The van der Waals surface area contributed by atoms with Crippen molar-refractivity contribution in [1.29, 1.82) is 0 Å². The fourth-order valence-corrected chi connectivity index (χ4v) is 2.62. The molecule has 1 aromatic rings. The highest BCUT2D eigenvalue weighted by Gasteiger charge is 2.48. The molecule has 0 aliphatic carbocycles. The minimum absolute atomic E-state index is 0.00430. The Kier molecular flexibility index (Phi) is 4.20. The minimum atomic E-state index is -1.12. The van der Waals surface area contributed by atoms with Crippen molar-refractivity contribution in [3.05, 3.63) is 35.4 Å². The highest BCUT2D eigenvalue weighted by atomic mass is 16.2. The second-order valence-electron chi connectivity index (χ2n) is 7.06. The van der Waals surface area contributed by atoms with Gasteiger partial charge < -0.3 is 11.1 Å². The first-order valence-electron chi connectivity index (χ1n) is 7.59. The van der Waals surface area contributed by atoms with E-state index in [1.165, 1.54) is 0 Å². The summed E-state index contributed by atoms with van der Waals surface area (Å²) in [6.45, 7) is 7.99. The molecule has 1 unspecified atom stereocenters. The number of hydrogen-bond acceptors (Lipinski definition) is 3. The van der Waals surface area contributed by atoms with Gasteiger partial charge in [-0.05, 0) is 23.5 Å². The van der Waals surface area contributed by atoms with Gasteiger partial charge in [0.25, 0.3) is 5.91 Å². The van der Waals surface area contributed by atoms with Gasteiger partial charge in [0.05, 0.1) is 0 Å². The lowest BCUT2D eigenvalue weighted by Crippen LogP contribution is -2.41. The van der Waals surface area contributed by atoms with E-state index in [0.717, 1.165) is 10.5 Å². The molecule has 1 heterocycles. The molecule has 0 saturated carbocycles. The molecule has 6 heteroatoms. The van der Waals surface area contributed by atoms with Crippen LogP contribution in [0.3, 0.4) is 0 Å². The zero-order chi connectivity index (χ0) is 17.4. The van der Waals surface area contributed by atoms with Crippen LogP contribution in [-0.4, -0.2) is 29.3 Å². The monoisotopic (exact) mass is 317 g/mol. The number of primary amides is 1. The number of hydrogen-bond donors (Lipinski definition) is 2. The molecule has 0 radical (unpaired) electrons. The van der Waals surface area contributed by atoms with Gasteiger partial charge in [-0.3, -0.25) is 14.5 Å². The van der Waals surface area contributed by atoms with Crippen molar-refractivity contribution in [2.75, 3.05) is 6.54 Å². The Morgan fingerprint density at radius 1 is 1.22 bits per heavy atom. The molecule has 1 aromatic carbocycles. The van der Waals surface area contributed by atoms with Crippen molar-refractivity contribution < 1.29 is 14.4 Å². The molecule has 1 aliphatic heterocycles. The summed E-state index contributed by atoms with van der Waals surface area (Å²) in [4.78, 5) is 36.6. The van der Waals surface area contributed by atoms with E-state index in [2.05, 4.69) is 26.1 Å². The number of nitrogens with two attached hydrogens (primary N) is 1. The summed E-state index contributed by atoms with van der Waals surface area (Å²) >= 11 is 0. The topological polar surface area (TPSA) is 92.5 Å². The highest BCUT2D eigenvalue weighted by Crippen LogP contribution is 2.31. The van der Waals surface area contributed by atoms with Gasteiger partial charge in [-0.2, -0.15) is 0 Å². The number of rotatable bonds is 4. The van der Waals surface area contributed by atoms with Gasteiger partial charge in [0.1, 0.15) is 5.54 Å². The fraction of sp³-hybridized carbons (Fsp3) is 0.471. The number of carbonyl (C=O) groups is 3. The fourth-order valence-electron chi connectivity index (χ4n) is 2.62. The predicted octanol–water partition coefficient (Wildman–Crippen LogP) is 1.63. The third kappa shape index (κ3) is 3.21. The van der Waals surface area contributed by atoms with E-state index in [0.29, 0.717) is 5.56 Å². The summed E-state index contributed by atoms with van der Waals surface area (Å²) in [7, 11) is 0. The molecule has 0 bridgehead atoms. The number of nitrogens with one attached hydrogen (secondary N) is 1. The number of amides is 4. The lowest BCUT2D eigenvalue weighted by atomic mass is 9.84. The largest absolute Gasteiger partial charge is 0.370 e. The molecule has 0 aromatic heterocycles. The first-order chi connectivity index (χ1) is 10.6. The number of benzene rings is 1. The first-order valence-corrected chi connectivity index (χ1v) is 7.59. The maximum Gasteiger partial charge on any atom is 0.325 e. The van der Waals surface area contributed by atoms with Crippen molar-refractivity contribution in [1.82, 2.24) is 10.2 Å². The molecule has 1 aliphatic rings. The summed E-state index contributed by atoms with van der Waals surface area (Å²) < 4.78 is 0. The Labute approximate surface area is 136 Å². The smallest absolute Gasteiger partial charge is 0.325 e. The lowest BCUT2D eigenvalue weighted by Gasteiger charge is -2.24. The predicted molar refractivity (Wildman–Crippen MR) is 86.6 cm³/mol. The summed E-state index contributed by atoms with van der Waals surface area (Å²) in [6, 6.07) is 7.14. The molecular weight excluding hydrogens is 294 g/mol. The number of nitrogens with zero attached hydrogens (tertiary/aromatic N) is 1. The zero-order valence-electron chi connectivity index (χ0n) is 14.0. The molecule has 1 fully saturated rings. The van der Waals surface area contributed by atoms with Crippen LogP contribution in [0.5, 0.6) is 0 Å². The molecule has 4 amide bonds. The maximum atomic E-state index is 12.6. The van der Waals surface area contributed by atoms with Crippen LogP contribution in [0.15, 0.2) is 24.3 Å². The van der Waals surface area contributed by atoms with E-state index in [-0.39, 0.29) is 24.3 Å². The maximum absolute atomic E-state index is 12.6. The van der Waals surface area contributed by atoms with E-state index >= 15 is 0 Å². The van der Waals surface area contributed by atoms with Gasteiger partial charge >= 0.3 is 6.03 Å². The first kappa shape index (κ1) is 17.0. The van der Waals surface area contributed by atoms with Gasteiger partial charge in [0.15, 0.2) is 0 Å². The SMILES string of the molecule is CC(C)(C)c1ccc(C2(C)NC(=O)N(CCC(N)=O)C2=O)cc1. The standard InChI is InChI=1S/C17H23N3O3/c1-16(2,3)11-5-7-12(8-6-11)17(4)14(22)20(15(23)19-17)10-9-13(18)21/h5-8H,9-10H2,1-4H3,(H2,18,21)(H,19,23). The van der Waals surface area contributed by atoms with E-state index in [1.54, 1.807) is 6.92 Å². The molecule has 0 spiro atoms. The van der Waals surface area contributed by atoms with Crippen molar-refractivity contribution in [2.45, 2.75) is 45.1 Å². The van der Waals surface area contributed by atoms with Gasteiger partial charge in [-0.25, -0.2) is 4.79 Å². The van der Waals surface area contributed by atoms with Crippen LogP contribution < -0.4 is 11.1 Å². The molecular formula is C17H23N3O3. The zero-order valence-corrected chi connectivity index (χ0v) is 14.0. The summed E-state index contributed by atoms with van der Waals surface area (Å²) in [6.07, 6.45) is -0.0435. The van der Waals surface area contributed by atoms with E-state index < -0.39 is 17.5 Å². The third-order valence-electron chi connectivity index (χ3n) is 4.19. The molecule has 2 rings (SSSR count). The number of imide groups is 1. The Hall–Kier alpha value is -2.37. The summed E-state index contributed by atoms with van der Waals surface area (Å²) in [5, 5.41) is 2.71. The van der Waals surface area contributed by atoms with Crippen molar-refractivity contribution in [3.8, 4) is 0 Å². The third-order valence-corrected chi connectivity index (χ3v) is 4.19. The van der Waals surface area contributed by atoms with Crippen molar-refractivity contribution in [2.24, 2.45) is 5.73 Å². The minimum Gasteiger partial charge on any atom is -0.370 e. The average Bonchev–Trinajstić information content (AvgIpc) is 2.67. The number of carbonyl (C=O) groups excluding carboxylic acids is 3. The summed E-state index contributed by atoms with van der Waals surface area (Å²) in [5.74, 6) is -0.916. The van der Waals surface area contributed by atoms with Gasteiger partial charge in [0, 0.05) is 13.0 Å². The normalized spacial score (nSPS) is 21.5. The molecule has 1 atom stereocenters. The van der Waals surface area contributed by atoms with E-state index in [1.807, 2.05) is 24.3 Å².